The Morgan fingerprint density at radius 3 is 2.72 bits per heavy atom. The lowest BCUT2D eigenvalue weighted by atomic mass is 9.81. The molecule has 2 fully saturated rings. The molecule has 2 saturated heterocycles. The third-order valence-electron chi connectivity index (χ3n) is 6.99. The van der Waals surface area contributed by atoms with Gasteiger partial charge in [0.05, 0.1) is 5.69 Å². The fourth-order valence-corrected chi connectivity index (χ4v) is 5.31. The van der Waals surface area contributed by atoms with Crippen molar-refractivity contribution in [2.75, 3.05) is 31.1 Å². The van der Waals surface area contributed by atoms with Gasteiger partial charge in [-0.05, 0) is 55.0 Å². The minimum Gasteiger partial charge on any atom is -0.508 e. The van der Waals surface area contributed by atoms with Gasteiger partial charge in [0.2, 0.25) is 5.95 Å². The Balaban J connectivity index is 1.52. The highest BCUT2D eigenvalue weighted by Crippen LogP contribution is 2.40. The van der Waals surface area contributed by atoms with Crippen molar-refractivity contribution in [2.24, 2.45) is 5.41 Å². The van der Waals surface area contributed by atoms with Gasteiger partial charge in [0, 0.05) is 48.4 Å². The van der Waals surface area contributed by atoms with Gasteiger partial charge in [-0.15, -0.1) is 0 Å². The van der Waals surface area contributed by atoms with Crippen molar-refractivity contribution in [2.45, 2.75) is 32.1 Å². The Morgan fingerprint density at radius 2 is 1.90 bits per heavy atom. The van der Waals surface area contributed by atoms with Crippen LogP contribution < -0.4 is 10.2 Å². The van der Waals surface area contributed by atoms with E-state index in [-0.39, 0.29) is 0 Å². The second kappa shape index (κ2) is 6.42. The fourth-order valence-electron chi connectivity index (χ4n) is 5.31. The van der Waals surface area contributed by atoms with Gasteiger partial charge in [-0.25, -0.2) is 9.97 Å². The molecule has 3 aromatic rings. The molecule has 29 heavy (non-hydrogen) atoms. The molecule has 3 heterocycles. The molecule has 6 rings (SSSR count). The van der Waals surface area contributed by atoms with Crippen molar-refractivity contribution < 1.29 is 5.11 Å². The van der Waals surface area contributed by atoms with Gasteiger partial charge < -0.3 is 15.3 Å². The maximum absolute atomic E-state index is 10.4. The van der Waals surface area contributed by atoms with Crippen LogP contribution in [0.3, 0.4) is 0 Å². The second-order valence-corrected chi connectivity index (χ2v) is 8.99. The van der Waals surface area contributed by atoms with Gasteiger partial charge in [-0.1, -0.05) is 24.3 Å². The first kappa shape index (κ1) is 17.2. The molecule has 0 amide bonds. The van der Waals surface area contributed by atoms with Crippen LogP contribution >= 0.6 is 0 Å². The molecule has 0 bridgehead atoms. The monoisotopic (exact) mass is 386 g/mol. The zero-order valence-corrected chi connectivity index (χ0v) is 16.6. The number of aromatic hydroxyl groups is 1. The summed E-state index contributed by atoms with van der Waals surface area (Å²) in [6, 6.07) is 12.0. The summed E-state index contributed by atoms with van der Waals surface area (Å²) in [7, 11) is 0. The van der Waals surface area contributed by atoms with Crippen molar-refractivity contribution in [3.05, 3.63) is 47.7 Å². The highest BCUT2D eigenvalue weighted by atomic mass is 16.3. The standard InChI is InChI=1S/C24H26N4O/c29-17-11-16-5-1-2-6-18(16)20(12-17)22-19-7-3-4-8-21(19)26-23(27-22)28-10-9-24(15-28)13-25-14-24/h1-2,5-6,11-12,25,29H,3-4,7-10,13-15H2. The number of nitrogens with zero attached hydrogens (tertiary/aromatic N) is 3. The summed E-state index contributed by atoms with van der Waals surface area (Å²) in [5.41, 5.74) is 4.94. The van der Waals surface area contributed by atoms with Crippen molar-refractivity contribution in [3.8, 4) is 17.0 Å². The lowest BCUT2D eigenvalue weighted by molar-refractivity contribution is 0.199. The molecule has 1 spiro atoms. The average molecular weight is 386 g/mol. The molecule has 1 aromatic heterocycles. The van der Waals surface area contributed by atoms with Gasteiger partial charge in [-0.3, -0.25) is 0 Å². The largest absolute Gasteiger partial charge is 0.508 e. The van der Waals surface area contributed by atoms with E-state index in [0.717, 1.165) is 67.0 Å². The van der Waals surface area contributed by atoms with Crippen LogP contribution in [-0.2, 0) is 12.8 Å². The van der Waals surface area contributed by atoms with Crippen molar-refractivity contribution in [3.63, 3.8) is 0 Å². The van der Waals surface area contributed by atoms with E-state index in [1.807, 2.05) is 18.2 Å². The molecule has 148 valence electrons. The first-order valence-corrected chi connectivity index (χ1v) is 10.8. The zero-order chi connectivity index (χ0) is 19.4. The van der Waals surface area contributed by atoms with E-state index < -0.39 is 0 Å². The molecule has 2 aromatic carbocycles. The summed E-state index contributed by atoms with van der Waals surface area (Å²) < 4.78 is 0. The molecule has 5 heteroatoms. The van der Waals surface area contributed by atoms with Crippen LogP contribution in [0.25, 0.3) is 22.0 Å². The van der Waals surface area contributed by atoms with Crippen LogP contribution in [0.1, 0.15) is 30.5 Å². The average Bonchev–Trinajstić information content (AvgIpc) is 3.19. The number of phenolic OH excluding ortho intramolecular Hbond substituents is 1. The predicted octanol–water partition coefficient (Wildman–Crippen LogP) is 3.68. The summed E-state index contributed by atoms with van der Waals surface area (Å²) >= 11 is 0. The highest BCUT2D eigenvalue weighted by Gasteiger charge is 2.43. The van der Waals surface area contributed by atoms with Crippen molar-refractivity contribution in [1.82, 2.24) is 15.3 Å². The molecule has 0 unspecified atom stereocenters. The molecular formula is C24H26N4O. The quantitative estimate of drug-likeness (QED) is 0.704. The number of fused-ring (bicyclic) bond motifs is 2. The summed E-state index contributed by atoms with van der Waals surface area (Å²) in [6.45, 7) is 4.29. The minimum absolute atomic E-state index is 0.295. The molecule has 0 radical (unpaired) electrons. The van der Waals surface area contributed by atoms with Crippen LogP contribution in [0.15, 0.2) is 36.4 Å². The van der Waals surface area contributed by atoms with E-state index in [4.69, 9.17) is 9.97 Å². The van der Waals surface area contributed by atoms with E-state index in [1.54, 1.807) is 0 Å². The van der Waals surface area contributed by atoms with Gasteiger partial charge >= 0.3 is 0 Å². The number of aromatic nitrogens is 2. The molecule has 5 nitrogen and oxygen atoms in total. The summed E-state index contributed by atoms with van der Waals surface area (Å²) in [4.78, 5) is 12.6. The van der Waals surface area contributed by atoms with Crippen LogP contribution in [0.5, 0.6) is 5.75 Å². The molecule has 2 aliphatic heterocycles. The normalized spacial score (nSPS) is 20.1. The van der Waals surface area contributed by atoms with Crippen LogP contribution in [-0.4, -0.2) is 41.3 Å². The number of rotatable bonds is 2. The number of benzene rings is 2. The Kier molecular flexibility index (Phi) is 3.81. The molecule has 0 atom stereocenters. The first-order valence-electron chi connectivity index (χ1n) is 10.8. The Labute approximate surface area is 170 Å². The van der Waals surface area contributed by atoms with E-state index in [2.05, 4.69) is 28.4 Å². The van der Waals surface area contributed by atoms with Crippen LogP contribution in [0.4, 0.5) is 5.95 Å². The van der Waals surface area contributed by atoms with Gasteiger partial charge in [0.15, 0.2) is 0 Å². The first-order chi connectivity index (χ1) is 14.2. The lowest BCUT2D eigenvalue weighted by Crippen LogP contribution is -2.54. The van der Waals surface area contributed by atoms with E-state index >= 15 is 0 Å². The van der Waals surface area contributed by atoms with Crippen LogP contribution in [0.2, 0.25) is 0 Å². The summed E-state index contributed by atoms with van der Waals surface area (Å²) in [5, 5.41) is 16.0. The molecular weight excluding hydrogens is 360 g/mol. The van der Waals surface area contributed by atoms with E-state index in [9.17, 15) is 5.11 Å². The Hall–Kier alpha value is -2.66. The number of anilines is 1. The van der Waals surface area contributed by atoms with Gasteiger partial charge in [0.1, 0.15) is 5.75 Å². The third kappa shape index (κ3) is 2.79. The Morgan fingerprint density at radius 1 is 1.03 bits per heavy atom. The van der Waals surface area contributed by atoms with Gasteiger partial charge in [-0.2, -0.15) is 0 Å². The van der Waals surface area contributed by atoms with E-state index in [0.29, 0.717) is 11.2 Å². The predicted molar refractivity (Wildman–Crippen MR) is 115 cm³/mol. The number of hydrogen-bond donors (Lipinski definition) is 2. The van der Waals surface area contributed by atoms with Crippen molar-refractivity contribution >= 4 is 16.7 Å². The maximum atomic E-state index is 10.4. The SMILES string of the molecule is Oc1cc(-c2nc(N3CCC4(CNC4)C3)nc3c2CCCC3)c2ccccc2c1. The number of hydrogen-bond acceptors (Lipinski definition) is 5. The fraction of sp³-hybridized carbons (Fsp3) is 0.417. The molecule has 0 saturated carbocycles. The molecule has 1 aliphatic carbocycles. The smallest absolute Gasteiger partial charge is 0.226 e. The lowest BCUT2D eigenvalue weighted by Gasteiger charge is -2.39. The summed E-state index contributed by atoms with van der Waals surface area (Å²) in [5.74, 6) is 1.17. The highest BCUT2D eigenvalue weighted by molar-refractivity contribution is 5.97. The van der Waals surface area contributed by atoms with Crippen molar-refractivity contribution in [1.29, 1.82) is 0 Å². The molecule has 3 aliphatic rings. The Bertz CT molecular complexity index is 1110. The molecule has 2 N–H and O–H groups in total. The number of aryl methyl sites for hydroxylation is 1. The topological polar surface area (TPSA) is 61.3 Å². The maximum Gasteiger partial charge on any atom is 0.226 e. The zero-order valence-electron chi connectivity index (χ0n) is 16.6. The minimum atomic E-state index is 0.295. The van der Waals surface area contributed by atoms with Gasteiger partial charge in [0.25, 0.3) is 0 Å². The van der Waals surface area contributed by atoms with Crippen LogP contribution in [0, 0.1) is 5.41 Å². The van der Waals surface area contributed by atoms with E-state index in [1.165, 1.54) is 30.5 Å². The third-order valence-corrected chi connectivity index (χ3v) is 6.99. The number of phenols is 1. The number of nitrogens with one attached hydrogen (secondary N) is 1. The second-order valence-electron chi connectivity index (χ2n) is 8.99. The summed E-state index contributed by atoms with van der Waals surface area (Å²) in [6.07, 6.45) is 5.62.